The van der Waals surface area contributed by atoms with Crippen molar-refractivity contribution >= 4 is 38.3 Å². The Kier molecular flexibility index (Phi) is 8.93. The fourth-order valence-electron chi connectivity index (χ4n) is 5.80. The Bertz CT molecular complexity index is 2100. The Morgan fingerprint density at radius 3 is 2.34 bits per heavy atom. The molecular weight excluding hydrogens is 631 g/mol. The molecule has 47 heavy (non-hydrogen) atoms. The normalized spacial score (nSPS) is 14.3. The minimum atomic E-state index is -4.98. The first-order valence-electron chi connectivity index (χ1n) is 14.9. The molecule has 3 heterocycles. The Balaban J connectivity index is 1.42. The molecule has 3 aromatic carbocycles. The lowest BCUT2D eigenvalue weighted by Gasteiger charge is -2.23. The van der Waals surface area contributed by atoms with Crippen molar-refractivity contribution in [1.82, 2.24) is 19.9 Å². The molecule has 2 N–H and O–H groups in total. The van der Waals surface area contributed by atoms with E-state index in [1.54, 1.807) is 30.3 Å². The molecule has 1 fully saturated rings. The van der Waals surface area contributed by atoms with Crippen LogP contribution < -0.4 is 16.2 Å². The number of fused-ring (bicyclic) bond motifs is 1. The van der Waals surface area contributed by atoms with Crippen LogP contribution >= 0.6 is 0 Å². The van der Waals surface area contributed by atoms with Crippen molar-refractivity contribution in [3.63, 3.8) is 0 Å². The number of halogens is 3. The predicted molar refractivity (Wildman–Crippen MR) is 172 cm³/mol. The van der Waals surface area contributed by atoms with Gasteiger partial charge in [-0.15, -0.1) is 0 Å². The molecule has 0 atom stereocenters. The Morgan fingerprint density at radius 2 is 1.64 bits per heavy atom. The number of piperidine rings is 1. The molecule has 1 aliphatic rings. The zero-order valence-corrected chi connectivity index (χ0v) is 25.8. The number of anilines is 2. The van der Waals surface area contributed by atoms with Crippen LogP contribution in [0.25, 0.3) is 11.0 Å². The molecule has 0 amide bonds. The smallest absolute Gasteiger partial charge is 0.324 e. The summed E-state index contributed by atoms with van der Waals surface area (Å²) in [5.74, 6) is -2.06. The molecule has 2 aromatic heterocycles. The maximum absolute atomic E-state index is 14.0. The monoisotopic (exact) mass is 661 g/mol. The van der Waals surface area contributed by atoms with E-state index in [2.05, 4.69) is 20.6 Å². The number of hydrogen-bond acceptors (Lipinski definition) is 8. The number of aromatic nitrogens is 3. The second kappa shape index (κ2) is 13.1. The first kappa shape index (κ1) is 32.1. The molecule has 13 heteroatoms. The van der Waals surface area contributed by atoms with Gasteiger partial charge in [0.2, 0.25) is 5.95 Å². The van der Waals surface area contributed by atoms with E-state index in [0.717, 1.165) is 36.6 Å². The Labute approximate surface area is 268 Å². The summed E-state index contributed by atoms with van der Waals surface area (Å²) in [6.07, 6.45) is -1.45. The number of rotatable bonds is 9. The summed E-state index contributed by atoms with van der Waals surface area (Å²) in [6, 6.07) is 22.5. The van der Waals surface area contributed by atoms with Crippen molar-refractivity contribution in [3.05, 3.63) is 124 Å². The summed E-state index contributed by atoms with van der Waals surface area (Å²) in [5.41, 5.74) is 1.14. The Hall–Kier alpha value is -4.88. The molecule has 0 radical (unpaired) electrons. The fraction of sp³-hybridized carbons (Fsp3) is 0.235. The topological polar surface area (TPSA) is 123 Å². The lowest BCUT2D eigenvalue weighted by molar-refractivity contribution is -0.106. The second-order valence-electron chi connectivity index (χ2n) is 11.4. The van der Waals surface area contributed by atoms with E-state index in [1.165, 1.54) is 36.0 Å². The van der Waals surface area contributed by atoms with Crippen molar-refractivity contribution in [1.29, 1.82) is 0 Å². The van der Waals surface area contributed by atoms with Crippen LogP contribution in [0.3, 0.4) is 0 Å². The van der Waals surface area contributed by atoms with Crippen LogP contribution in [0.2, 0.25) is 0 Å². The van der Waals surface area contributed by atoms with Gasteiger partial charge in [-0.2, -0.15) is 18.2 Å². The third kappa shape index (κ3) is 7.26. The van der Waals surface area contributed by atoms with Crippen molar-refractivity contribution in [2.75, 3.05) is 24.2 Å². The van der Waals surface area contributed by atoms with Gasteiger partial charge >= 0.3 is 6.18 Å². The summed E-state index contributed by atoms with van der Waals surface area (Å²) in [4.78, 5) is 35.8. The van der Waals surface area contributed by atoms with E-state index in [0.29, 0.717) is 17.0 Å². The van der Waals surface area contributed by atoms with Gasteiger partial charge in [-0.25, -0.2) is 13.4 Å². The van der Waals surface area contributed by atoms with Gasteiger partial charge in [0.25, 0.3) is 5.56 Å². The van der Waals surface area contributed by atoms with Gasteiger partial charge in [-0.3, -0.25) is 14.2 Å². The van der Waals surface area contributed by atoms with Crippen LogP contribution in [-0.4, -0.2) is 53.8 Å². The van der Waals surface area contributed by atoms with Gasteiger partial charge in [0.15, 0.2) is 21.4 Å². The predicted octanol–water partition coefficient (Wildman–Crippen LogP) is 5.62. The minimum absolute atomic E-state index is 0.0615. The molecule has 6 rings (SSSR count). The number of nitrogens with zero attached hydrogens (tertiary/aromatic N) is 3. The molecule has 9 nitrogen and oxygen atoms in total. The molecule has 5 aromatic rings. The number of benzene rings is 3. The highest BCUT2D eigenvalue weighted by molar-refractivity contribution is 7.91. The average Bonchev–Trinajstić information content (AvgIpc) is 3.06. The Morgan fingerprint density at radius 1 is 0.957 bits per heavy atom. The lowest BCUT2D eigenvalue weighted by atomic mass is 9.90. The highest BCUT2D eigenvalue weighted by atomic mass is 32.2. The van der Waals surface area contributed by atoms with Gasteiger partial charge in [-0.05, 0) is 67.2 Å². The average molecular weight is 662 g/mol. The van der Waals surface area contributed by atoms with Crippen molar-refractivity contribution < 1.29 is 26.4 Å². The quantitative estimate of drug-likeness (QED) is 0.195. The van der Waals surface area contributed by atoms with E-state index in [9.17, 15) is 31.2 Å². The third-order valence-electron chi connectivity index (χ3n) is 8.07. The van der Waals surface area contributed by atoms with Crippen LogP contribution in [0, 0.1) is 0 Å². The summed E-state index contributed by atoms with van der Waals surface area (Å²) in [7, 11) is -4.82. The SMILES string of the molecule is O=C(c1ccccc1)c1cc2cnc(Nc3ccc(C4CCNCC4)cc3)nc2n(Cc2ccccc2S(=O)(=O)CC(F)(F)F)c1=O. The largest absolute Gasteiger partial charge is 0.403 e. The second-order valence-corrected chi connectivity index (χ2v) is 13.3. The number of carbonyl (C=O) groups excluding carboxylic acids is 1. The highest BCUT2D eigenvalue weighted by Gasteiger charge is 2.37. The van der Waals surface area contributed by atoms with Crippen molar-refractivity contribution in [3.8, 4) is 0 Å². The molecule has 0 aliphatic carbocycles. The van der Waals surface area contributed by atoms with Gasteiger partial charge in [-0.1, -0.05) is 60.7 Å². The third-order valence-corrected chi connectivity index (χ3v) is 9.85. The molecular formula is C34H30F3N5O4S. The zero-order chi connectivity index (χ0) is 33.2. The van der Waals surface area contributed by atoms with E-state index in [1.807, 2.05) is 24.3 Å². The molecule has 0 saturated carbocycles. The molecule has 242 valence electrons. The first-order chi connectivity index (χ1) is 22.5. The van der Waals surface area contributed by atoms with Gasteiger partial charge in [0.1, 0.15) is 5.65 Å². The van der Waals surface area contributed by atoms with Gasteiger partial charge in [0, 0.05) is 22.8 Å². The van der Waals surface area contributed by atoms with Crippen LogP contribution in [0.5, 0.6) is 0 Å². The number of ketones is 1. The van der Waals surface area contributed by atoms with Gasteiger partial charge < -0.3 is 10.6 Å². The van der Waals surface area contributed by atoms with Crippen LogP contribution in [0.15, 0.2) is 101 Å². The standard InChI is InChI=1S/C34H30F3N5O4S/c35-34(36,37)21-47(45,46)29-9-5-4-8-25(29)20-42-31-26(18-28(32(42)44)30(43)24-6-2-1-3-7-24)19-39-33(41-31)40-27-12-10-22(11-13-27)23-14-16-38-17-15-23/h1-13,18-19,23,38H,14-17,20-21H2,(H,39,40,41). The number of sulfone groups is 1. The van der Waals surface area contributed by atoms with Crippen molar-refractivity contribution in [2.45, 2.75) is 36.4 Å². The maximum atomic E-state index is 14.0. The van der Waals surface area contributed by atoms with Crippen molar-refractivity contribution in [2.24, 2.45) is 0 Å². The van der Waals surface area contributed by atoms with E-state index < -0.39 is 44.5 Å². The zero-order valence-electron chi connectivity index (χ0n) is 25.0. The first-order valence-corrected chi connectivity index (χ1v) is 16.6. The van der Waals surface area contributed by atoms with E-state index >= 15 is 0 Å². The number of alkyl halides is 3. The fourth-order valence-corrected chi connectivity index (χ4v) is 7.20. The highest BCUT2D eigenvalue weighted by Crippen LogP contribution is 2.28. The lowest BCUT2D eigenvalue weighted by Crippen LogP contribution is -2.29. The number of carbonyl (C=O) groups is 1. The summed E-state index contributed by atoms with van der Waals surface area (Å²) in [6.45, 7) is 1.46. The summed E-state index contributed by atoms with van der Waals surface area (Å²) in [5, 5.41) is 6.78. The molecule has 0 spiro atoms. The number of hydrogen-bond donors (Lipinski definition) is 2. The van der Waals surface area contributed by atoms with E-state index in [4.69, 9.17) is 0 Å². The molecule has 0 unspecified atom stereocenters. The number of pyridine rings is 1. The van der Waals surface area contributed by atoms with Crippen LogP contribution in [0.4, 0.5) is 24.8 Å². The minimum Gasteiger partial charge on any atom is -0.324 e. The van der Waals surface area contributed by atoms with Crippen LogP contribution in [0.1, 0.15) is 45.8 Å². The maximum Gasteiger partial charge on any atom is 0.403 e. The molecule has 1 saturated heterocycles. The summed E-state index contributed by atoms with van der Waals surface area (Å²) >= 11 is 0. The number of nitrogens with one attached hydrogen (secondary N) is 2. The summed E-state index contributed by atoms with van der Waals surface area (Å²) < 4.78 is 66.4. The van der Waals surface area contributed by atoms with Crippen LogP contribution in [-0.2, 0) is 16.4 Å². The van der Waals surface area contributed by atoms with Gasteiger partial charge in [0.05, 0.1) is 17.0 Å². The molecule has 1 aliphatic heterocycles. The molecule has 0 bridgehead atoms. The van der Waals surface area contributed by atoms with E-state index in [-0.39, 0.29) is 28.3 Å².